The molecule has 54 heavy (non-hydrogen) atoms. The van der Waals surface area contributed by atoms with Crippen LogP contribution in [0.15, 0.2) is 199 Å². The number of para-hydroxylation sites is 2. The van der Waals surface area contributed by atoms with Crippen LogP contribution in [0.25, 0.3) is 38.7 Å². The van der Waals surface area contributed by atoms with E-state index < -0.39 is 5.41 Å². The molecule has 2 aliphatic heterocycles. The highest BCUT2D eigenvalue weighted by Crippen LogP contribution is 2.63. The number of aliphatic imine (C=N–C) groups is 1. The summed E-state index contributed by atoms with van der Waals surface area (Å²) >= 11 is 0. The van der Waals surface area contributed by atoms with E-state index in [-0.39, 0.29) is 6.17 Å². The van der Waals surface area contributed by atoms with Crippen LogP contribution in [0.4, 0.5) is 0 Å². The molecule has 1 aliphatic carbocycles. The normalized spacial score (nSPS) is 15.9. The van der Waals surface area contributed by atoms with Crippen molar-refractivity contribution in [3.05, 3.63) is 233 Å². The molecule has 0 radical (unpaired) electrons. The minimum Gasteiger partial charge on any atom is -0.456 e. The first-order valence-electron chi connectivity index (χ1n) is 18.6. The molecule has 0 aromatic heterocycles. The van der Waals surface area contributed by atoms with Crippen LogP contribution in [0.1, 0.15) is 45.1 Å². The number of rotatable bonds is 4. The lowest BCUT2D eigenvalue weighted by Gasteiger charge is -2.40. The topological polar surface area (TPSA) is 33.6 Å². The van der Waals surface area contributed by atoms with Gasteiger partial charge in [-0.1, -0.05) is 182 Å². The molecule has 8 aromatic rings. The van der Waals surface area contributed by atoms with Gasteiger partial charge in [-0.15, -0.1) is 0 Å². The molecule has 1 atom stereocenters. The monoisotopic (exact) mass is 690 g/mol. The van der Waals surface area contributed by atoms with Crippen molar-refractivity contribution in [2.45, 2.75) is 11.6 Å². The second-order valence-electron chi connectivity index (χ2n) is 14.2. The summed E-state index contributed by atoms with van der Waals surface area (Å²) in [4.78, 5) is 5.50. The van der Waals surface area contributed by atoms with E-state index in [0.717, 1.165) is 72.6 Å². The summed E-state index contributed by atoms with van der Waals surface area (Å²) in [6, 6.07) is 67.3. The molecule has 0 saturated carbocycles. The number of nitrogens with one attached hydrogen (secondary N) is 1. The molecule has 0 fully saturated rings. The minimum atomic E-state index is -0.546. The van der Waals surface area contributed by atoms with Gasteiger partial charge in [-0.3, -0.25) is 4.99 Å². The van der Waals surface area contributed by atoms with E-state index >= 15 is 0 Å². The zero-order valence-electron chi connectivity index (χ0n) is 29.4. The smallest absolute Gasteiger partial charge is 0.146 e. The largest absolute Gasteiger partial charge is 0.456 e. The van der Waals surface area contributed by atoms with Gasteiger partial charge in [0.15, 0.2) is 0 Å². The molecule has 1 unspecified atom stereocenters. The molecule has 3 aliphatic rings. The quantitative estimate of drug-likeness (QED) is 0.199. The molecule has 0 amide bonds. The van der Waals surface area contributed by atoms with Crippen molar-refractivity contribution in [3.63, 3.8) is 0 Å². The molecule has 0 saturated heterocycles. The Labute approximate surface area is 314 Å². The second kappa shape index (κ2) is 12.0. The predicted molar refractivity (Wildman–Crippen MR) is 220 cm³/mol. The second-order valence-corrected chi connectivity index (χ2v) is 14.2. The van der Waals surface area contributed by atoms with E-state index in [1.807, 2.05) is 0 Å². The highest BCUT2D eigenvalue weighted by molar-refractivity contribution is 6.13. The molecular formula is C51H34N2O. The van der Waals surface area contributed by atoms with Gasteiger partial charge in [-0.2, -0.15) is 0 Å². The van der Waals surface area contributed by atoms with Crippen molar-refractivity contribution >= 4 is 22.2 Å². The van der Waals surface area contributed by atoms with Crippen molar-refractivity contribution in [3.8, 4) is 33.8 Å². The maximum Gasteiger partial charge on any atom is 0.146 e. The van der Waals surface area contributed by atoms with Crippen molar-refractivity contribution in [1.29, 1.82) is 0 Å². The Kier molecular flexibility index (Phi) is 6.83. The fourth-order valence-corrected chi connectivity index (χ4v) is 9.14. The van der Waals surface area contributed by atoms with Crippen LogP contribution in [0.2, 0.25) is 0 Å². The van der Waals surface area contributed by atoms with Gasteiger partial charge in [0.2, 0.25) is 0 Å². The van der Waals surface area contributed by atoms with E-state index in [4.69, 9.17) is 9.73 Å². The summed E-state index contributed by atoms with van der Waals surface area (Å²) < 4.78 is 7.15. The molecule has 11 rings (SSSR count). The number of hydrogen-bond donors (Lipinski definition) is 1. The van der Waals surface area contributed by atoms with Crippen molar-refractivity contribution in [2.75, 3.05) is 0 Å². The highest BCUT2D eigenvalue weighted by atomic mass is 16.5. The summed E-state index contributed by atoms with van der Waals surface area (Å²) in [6.45, 7) is 0. The molecule has 1 N–H and O–H groups in total. The van der Waals surface area contributed by atoms with Crippen LogP contribution in [0.3, 0.4) is 0 Å². The Bertz CT molecular complexity index is 2790. The van der Waals surface area contributed by atoms with E-state index in [1.54, 1.807) is 0 Å². The predicted octanol–water partition coefficient (Wildman–Crippen LogP) is 12.1. The standard InChI is InChI=1S/C51H34N2O/c1-3-17-34(18-4-1)45-32-46(35-19-5-2-6-20-35)53-50(52-45)48-36-21-8-7-16-33(36)30-31-39(48)40-24-15-28-44-49(40)54-47-29-14-13-27-43(47)51(44)41-25-11-9-22-37(41)38-23-10-12-26-42(38)51/h1-32,50,52H. The first kappa shape index (κ1) is 30.6. The lowest BCUT2D eigenvalue weighted by molar-refractivity contribution is 0.438. The molecule has 0 bridgehead atoms. The Morgan fingerprint density at radius 3 is 1.81 bits per heavy atom. The summed E-state index contributed by atoms with van der Waals surface area (Å²) in [6.07, 6.45) is 1.80. The molecule has 2 heterocycles. The van der Waals surface area contributed by atoms with Gasteiger partial charge in [0.25, 0.3) is 0 Å². The number of hydrogen-bond acceptors (Lipinski definition) is 3. The fraction of sp³-hybridized carbons (Fsp3) is 0.0392. The third-order valence-electron chi connectivity index (χ3n) is 11.4. The van der Waals surface area contributed by atoms with E-state index in [1.165, 1.54) is 22.3 Å². The van der Waals surface area contributed by atoms with Crippen LogP contribution in [-0.4, -0.2) is 5.71 Å². The van der Waals surface area contributed by atoms with Crippen molar-refractivity contribution in [1.82, 2.24) is 5.32 Å². The zero-order chi connectivity index (χ0) is 35.6. The Balaban J connectivity index is 1.19. The van der Waals surface area contributed by atoms with Gasteiger partial charge in [-0.05, 0) is 61.9 Å². The average molecular weight is 691 g/mol. The number of nitrogens with zero attached hydrogens (tertiary/aromatic N) is 1. The lowest BCUT2D eigenvalue weighted by Crippen LogP contribution is -2.32. The van der Waals surface area contributed by atoms with Crippen molar-refractivity contribution < 1.29 is 4.74 Å². The Morgan fingerprint density at radius 2 is 1.06 bits per heavy atom. The first-order valence-corrected chi connectivity index (χ1v) is 18.6. The maximum absolute atomic E-state index is 7.15. The molecule has 254 valence electrons. The summed E-state index contributed by atoms with van der Waals surface area (Å²) in [7, 11) is 0. The van der Waals surface area contributed by atoms with Gasteiger partial charge in [-0.25, -0.2) is 0 Å². The van der Waals surface area contributed by atoms with Crippen LogP contribution in [0, 0.1) is 0 Å². The van der Waals surface area contributed by atoms with E-state index in [2.05, 4.69) is 199 Å². The van der Waals surface area contributed by atoms with Gasteiger partial charge < -0.3 is 10.1 Å². The maximum atomic E-state index is 7.15. The summed E-state index contributed by atoms with van der Waals surface area (Å²) in [5, 5.41) is 6.21. The zero-order valence-corrected chi connectivity index (χ0v) is 29.4. The highest BCUT2D eigenvalue weighted by Gasteiger charge is 2.51. The molecule has 3 nitrogen and oxygen atoms in total. The van der Waals surface area contributed by atoms with Crippen LogP contribution in [-0.2, 0) is 5.41 Å². The minimum absolute atomic E-state index is 0.380. The van der Waals surface area contributed by atoms with Crippen LogP contribution < -0.4 is 10.1 Å². The van der Waals surface area contributed by atoms with E-state index in [9.17, 15) is 0 Å². The number of ether oxygens (including phenoxy) is 1. The van der Waals surface area contributed by atoms with Gasteiger partial charge in [0, 0.05) is 28.0 Å². The Morgan fingerprint density at radius 1 is 0.463 bits per heavy atom. The fourth-order valence-electron chi connectivity index (χ4n) is 9.14. The average Bonchev–Trinajstić information content (AvgIpc) is 3.54. The summed E-state index contributed by atoms with van der Waals surface area (Å²) in [5.41, 5.74) is 14.3. The molecular weight excluding hydrogens is 657 g/mol. The van der Waals surface area contributed by atoms with Gasteiger partial charge in [0.05, 0.1) is 11.1 Å². The van der Waals surface area contributed by atoms with Gasteiger partial charge in [0.1, 0.15) is 17.7 Å². The number of fused-ring (bicyclic) bond motifs is 10. The van der Waals surface area contributed by atoms with Gasteiger partial charge >= 0.3 is 0 Å². The SMILES string of the molecule is C1=C(c2ccccc2)NC(c2c(-c3cccc4c3Oc3ccccc3C43c4ccccc4-c4ccccc43)ccc3ccccc23)N=C1c1ccccc1. The number of benzene rings is 8. The number of allylic oxidation sites excluding steroid dienone is 1. The third kappa shape index (κ3) is 4.45. The molecule has 8 aromatic carbocycles. The molecule has 1 spiro atoms. The van der Waals surface area contributed by atoms with Crippen LogP contribution in [0.5, 0.6) is 11.5 Å². The van der Waals surface area contributed by atoms with Crippen molar-refractivity contribution in [2.24, 2.45) is 4.99 Å². The van der Waals surface area contributed by atoms with E-state index in [0.29, 0.717) is 0 Å². The molecule has 3 heteroatoms. The Hall–Kier alpha value is -6.97. The third-order valence-corrected chi connectivity index (χ3v) is 11.4. The summed E-state index contributed by atoms with van der Waals surface area (Å²) in [5.74, 6) is 1.75. The van der Waals surface area contributed by atoms with Crippen LogP contribution >= 0.6 is 0 Å². The first-order chi connectivity index (χ1) is 26.8. The lowest BCUT2D eigenvalue weighted by atomic mass is 9.65.